The van der Waals surface area contributed by atoms with Crippen LogP contribution in [0.3, 0.4) is 0 Å². The molecule has 0 radical (unpaired) electrons. The molecule has 1 fully saturated rings. The molecule has 2 amide bonds. The quantitative estimate of drug-likeness (QED) is 0.826. The lowest BCUT2D eigenvalue weighted by molar-refractivity contribution is 0.204. The minimum absolute atomic E-state index is 0.165. The molecule has 2 N–H and O–H groups in total. The zero-order chi connectivity index (χ0) is 12.3. The number of nitrogens with one attached hydrogen (secondary N) is 2. The number of amides is 2. The maximum absolute atomic E-state index is 11.9. The molecule has 92 valence electrons. The Labute approximate surface area is 110 Å². The van der Waals surface area contributed by atoms with E-state index in [9.17, 15) is 4.79 Å². The van der Waals surface area contributed by atoms with Crippen LogP contribution in [0.25, 0.3) is 0 Å². The summed E-state index contributed by atoms with van der Waals surface area (Å²) in [4.78, 5) is 13.7. The molecule has 1 aromatic rings. The van der Waals surface area contributed by atoms with Gasteiger partial charge < -0.3 is 15.5 Å². The van der Waals surface area contributed by atoms with Crippen LogP contribution in [0.15, 0.2) is 18.2 Å². The van der Waals surface area contributed by atoms with Crippen molar-refractivity contribution in [3.63, 3.8) is 0 Å². The van der Waals surface area contributed by atoms with Crippen molar-refractivity contribution in [2.45, 2.75) is 0 Å². The molecule has 0 atom stereocenters. The van der Waals surface area contributed by atoms with Crippen LogP contribution in [0.5, 0.6) is 0 Å². The number of urea groups is 1. The third kappa shape index (κ3) is 3.03. The van der Waals surface area contributed by atoms with E-state index in [0.717, 1.165) is 13.1 Å². The number of hydrogen-bond donors (Lipinski definition) is 2. The Morgan fingerprint density at radius 2 is 1.82 bits per heavy atom. The molecule has 0 aromatic heterocycles. The fourth-order valence-corrected chi connectivity index (χ4v) is 2.16. The van der Waals surface area contributed by atoms with Gasteiger partial charge >= 0.3 is 6.03 Å². The Hall–Kier alpha value is -0.970. The van der Waals surface area contributed by atoms with Crippen LogP contribution in [0.4, 0.5) is 10.5 Å². The van der Waals surface area contributed by atoms with Gasteiger partial charge in [-0.15, -0.1) is 0 Å². The normalized spacial score (nSPS) is 15.8. The summed E-state index contributed by atoms with van der Waals surface area (Å²) >= 11 is 12.0. The zero-order valence-corrected chi connectivity index (χ0v) is 10.7. The number of carbonyl (C=O) groups is 1. The molecule has 1 aromatic carbocycles. The maximum atomic E-state index is 11.9. The summed E-state index contributed by atoms with van der Waals surface area (Å²) < 4.78 is 0. The topological polar surface area (TPSA) is 44.4 Å². The molecule has 17 heavy (non-hydrogen) atoms. The van der Waals surface area contributed by atoms with Crippen LogP contribution in [-0.2, 0) is 0 Å². The van der Waals surface area contributed by atoms with Crippen LogP contribution < -0.4 is 10.6 Å². The third-order valence-corrected chi connectivity index (χ3v) is 3.23. The van der Waals surface area contributed by atoms with Crippen molar-refractivity contribution in [2.24, 2.45) is 0 Å². The SMILES string of the molecule is O=C(Nc1c(Cl)cccc1Cl)N1CCNCC1. The summed E-state index contributed by atoms with van der Waals surface area (Å²) in [5, 5.41) is 6.82. The Bertz CT molecular complexity index is 399. The fraction of sp³-hybridized carbons (Fsp3) is 0.364. The van der Waals surface area contributed by atoms with E-state index in [4.69, 9.17) is 23.2 Å². The van der Waals surface area contributed by atoms with Crippen LogP contribution in [-0.4, -0.2) is 37.1 Å². The number of piperazine rings is 1. The van der Waals surface area contributed by atoms with Crippen molar-refractivity contribution in [1.29, 1.82) is 0 Å². The Balaban J connectivity index is 2.07. The molecule has 2 rings (SSSR count). The number of hydrogen-bond acceptors (Lipinski definition) is 2. The summed E-state index contributed by atoms with van der Waals surface area (Å²) in [6.07, 6.45) is 0. The van der Waals surface area contributed by atoms with Crippen molar-refractivity contribution in [1.82, 2.24) is 10.2 Å². The molecule has 0 spiro atoms. The first-order chi connectivity index (χ1) is 8.18. The largest absolute Gasteiger partial charge is 0.322 e. The molecule has 1 saturated heterocycles. The highest BCUT2D eigenvalue weighted by molar-refractivity contribution is 6.39. The first kappa shape index (κ1) is 12.5. The zero-order valence-electron chi connectivity index (χ0n) is 9.17. The molecule has 1 heterocycles. The maximum Gasteiger partial charge on any atom is 0.322 e. The number of nitrogens with zero attached hydrogens (tertiary/aromatic N) is 1. The summed E-state index contributed by atoms with van der Waals surface area (Å²) in [6.45, 7) is 3.00. The van der Waals surface area contributed by atoms with Gasteiger partial charge in [-0.3, -0.25) is 0 Å². The molecular weight excluding hydrogens is 261 g/mol. The molecule has 0 bridgehead atoms. The summed E-state index contributed by atoms with van der Waals surface area (Å²) in [7, 11) is 0. The minimum Gasteiger partial charge on any atom is -0.322 e. The predicted octanol–water partition coefficient (Wildman–Crippen LogP) is 2.43. The highest BCUT2D eigenvalue weighted by atomic mass is 35.5. The fourth-order valence-electron chi connectivity index (χ4n) is 1.67. The molecule has 0 unspecified atom stereocenters. The molecule has 4 nitrogen and oxygen atoms in total. The second-order valence-electron chi connectivity index (χ2n) is 3.76. The predicted molar refractivity (Wildman–Crippen MR) is 69.9 cm³/mol. The van der Waals surface area contributed by atoms with Gasteiger partial charge in [-0.05, 0) is 12.1 Å². The van der Waals surface area contributed by atoms with E-state index >= 15 is 0 Å². The van der Waals surface area contributed by atoms with Gasteiger partial charge in [0, 0.05) is 26.2 Å². The Kier molecular flexibility index (Phi) is 4.10. The average Bonchev–Trinajstić information content (AvgIpc) is 2.35. The van der Waals surface area contributed by atoms with Gasteiger partial charge in [0.2, 0.25) is 0 Å². The second kappa shape index (κ2) is 5.58. The van der Waals surface area contributed by atoms with E-state index in [1.165, 1.54) is 0 Å². The number of rotatable bonds is 1. The van der Waals surface area contributed by atoms with Gasteiger partial charge in [0.05, 0.1) is 15.7 Å². The second-order valence-corrected chi connectivity index (χ2v) is 4.58. The number of benzene rings is 1. The summed E-state index contributed by atoms with van der Waals surface area (Å²) in [5.41, 5.74) is 0.472. The molecule has 0 aliphatic carbocycles. The van der Waals surface area contributed by atoms with Crippen LogP contribution in [0, 0.1) is 0 Å². The van der Waals surface area contributed by atoms with Gasteiger partial charge in [-0.2, -0.15) is 0 Å². The van der Waals surface area contributed by atoms with Crippen molar-refractivity contribution < 1.29 is 4.79 Å². The van der Waals surface area contributed by atoms with E-state index in [1.54, 1.807) is 23.1 Å². The first-order valence-corrected chi connectivity index (χ1v) is 6.15. The molecular formula is C11H13Cl2N3O. The molecule has 0 saturated carbocycles. The monoisotopic (exact) mass is 273 g/mol. The Morgan fingerprint density at radius 3 is 2.41 bits per heavy atom. The smallest absolute Gasteiger partial charge is 0.322 e. The Morgan fingerprint density at radius 1 is 1.24 bits per heavy atom. The van der Waals surface area contributed by atoms with E-state index in [1.807, 2.05) is 0 Å². The van der Waals surface area contributed by atoms with E-state index in [2.05, 4.69) is 10.6 Å². The van der Waals surface area contributed by atoms with E-state index in [0.29, 0.717) is 28.8 Å². The number of carbonyl (C=O) groups excluding carboxylic acids is 1. The average molecular weight is 274 g/mol. The number of para-hydroxylation sites is 1. The highest BCUT2D eigenvalue weighted by Gasteiger charge is 2.17. The van der Waals surface area contributed by atoms with Gasteiger partial charge in [0.15, 0.2) is 0 Å². The third-order valence-electron chi connectivity index (χ3n) is 2.60. The highest BCUT2D eigenvalue weighted by Crippen LogP contribution is 2.29. The van der Waals surface area contributed by atoms with Crippen LogP contribution in [0.1, 0.15) is 0 Å². The van der Waals surface area contributed by atoms with Gasteiger partial charge in [0.1, 0.15) is 0 Å². The summed E-state index contributed by atoms with van der Waals surface area (Å²) in [5.74, 6) is 0. The molecule has 1 aliphatic rings. The van der Waals surface area contributed by atoms with E-state index in [-0.39, 0.29) is 6.03 Å². The molecule has 1 aliphatic heterocycles. The summed E-state index contributed by atoms with van der Waals surface area (Å²) in [6, 6.07) is 4.97. The number of anilines is 1. The lowest BCUT2D eigenvalue weighted by Gasteiger charge is -2.27. The van der Waals surface area contributed by atoms with Crippen molar-refractivity contribution in [3.05, 3.63) is 28.2 Å². The van der Waals surface area contributed by atoms with Gasteiger partial charge in [-0.25, -0.2) is 4.79 Å². The standard InChI is InChI=1S/C11H13Cl2N3O/c12-8-2-1-3-9(13)10(8)15-11(17)16-6-4-14-5-7-16/h1-3,14H,4-7H2,(H,15,17). The first-order valence-electron chi connectivity index (χ1n) is 5.39. The van der Waals surface area contributed by atoms with Crippen molar-refractivity contribution in [2.75, 3.05) is 31.5 Å². The van der Waals surface area contributed by atoms with Crippen molar-refractivity contribution in [3.8, 4) is 0 Å². The van der Waals surface area contributed by atoms with Crippen molar-refractivity contribution >= 4 is 34.9 Å². The lowest BCUT2D eigenvalue weighted by atomic mass is 10.3. The van der Waals surface area contributed by atoms with Gasteiger partial charge in [0.25, 0.3) is 0 Å². The van der Waals surface area contributed by atoms with E-state index < -0.39 is 0 Å². The molecule has 6 heteroatoms. The lowest BCUT2D eigenvalue weighted by Crippen LogP contribution is -2.48. The van der Waals surface area contributed by atoms with Crippen LogP contribution in [0.2, 0.25) is 10.0 Å². The minimum atomic E-state index is -0.165. The van der Waals surface area contributed by atoms with Gasteiger partial charge in [-0.1, -0.05) is 29.3 Å². The number of halogens is 2. The van der Waals surface area contributed by atoms with Crippen LogP contribution >= 0.6 is 23.2 Å².